The van der Waals surface area contributed by atoms with E-state index >= 15 is 0 Å². The molecule has 0 aromatic rings. The summed E-state index contributed by atoms with van der Waals surface area (Å²) in [4.78, 5) is 10.1. The van der Waals surface area contributed by atoms with Crippen LogP contribution in [0.1, 0.15) is 91.4 Å². The molecule has 0 aromatic carbocycles. The maximum absolute atomic E-state index is 10.1. The van der Waals surface area contributed by atoms with E-state index in [1.54, 1.807) is 0 Å². The van der Waals surface area contributed by atoms with Crippen LogP contribution >= 0.6 is 0 Å². The fourth-order valence-corrected chi connectivity index (χ4v) is 2.25. The first-order chi connectivity index (χ1) is 9.04. The van der Waals surface area contributed by atoms with Crippen LogP contribution in [0.5, 0.6) is 0 Å². The Kier molecular flexibility index (Phi) is 21.2. The molecule has 0 aliphatic rings. The van der Waals surface area contributed by atoms with Gasteiger partial charge in [0.1, 0.15) is 0 Å². The van der Waals surface area contributed by atoms with Crippen LogP contribution in [-0.2, 0) is 4.79 Å². The zero-order chi connectivity index (χ0) is 14.9. The van der Waals surface area contributed by atoms with E-state index in [0.717, 1.165) is 16.0 Å². The number of carbonyl (C=O) groups is 1. The molecule has 2 nitrogen and oxygen atoms in total. The summed E-state index contributed by atoms with van der Waals surface area (Å²) in [5.41, 5.74) is 0. The normalized spacial score (nSPS) is 11.6. The number of carboxylic acid groups (broad SMARTS) is 1. The van der Waals surface area contributed by atoms with Crippen molar-refractivity contribution in [3.05, 3.63) is 0 Å². The number of rotatable bonds is 11. The Hall–Kier alpha value is 0.470. The zero-order valence-corrected chi connectivity index (χ0v) is 15.7. The Bertz CT molecular complexity index is 182. The molecule has 3 heteroatoms. The van der Waals surface area contributed by atoms with Gasteiger partial charge >= 0.3 is 70.2 Å². The Balaban J connectivity index is 0. The van der Waals surface area contributed by atoms with E-state index in [1.807, 2.05) is 0 Å². The molecule has 1 unspecified atom stereocenters. The minimum absolute atomic E-state index is 0.341. The molecular weight excluding hydrogens is 247 g/mol. The zero-order valence-electron chi connectivity index (χ0n) is 13.7. The van der Waals surface area contributed by atoms with Crippen molar-refractivity contribution in [3.63, 3.8) is 0 Å². The Labute approximate surface area is 138 Å². The molecule has 0 saturated heterocycles. The Morgan fingerprint density at radius 2 is 1.42 bits per heavy atom. The van der Waals surface area contributed by atoms with Gasteiger partial charge in [0.05, 0.1) is 0 Å². The van der Waals surface area contributed by atoms with E-state index in [-0.39, 0.29) is 0 Å². The second kappa shape index (κ2) is 18.5. The van der Waals surface area contributed by atoms with Gasteiger partial charge in [0.15, 0.2) is 0 Å². The van der Waals surface area contributed by atoms with Crippen molar-refractivity contribution in [1.29, 1.82) is 0 Å². The second-order valence-corrected chi connectivity index (χ2v) is 7.77. The molecule has 1 atom stereocenters. The first-order valence-corrected chi connectivity index (χ1v) is 9.41. The number of hydrogen-bond donors (Lipinski definition) is 1. The van der Waals surface area contributed by atoms with E-state index in [2.05, 4.69) is 20.8 Å². The first-order valence-electron chi connectivity index (χ1n) is 8.26. The second-order valence-electron chi connectivity index (χ2n) is 5.80. The molecule has 0 aliphatic carbocycles. The third-order valence-corrected chi connectivity index (χ3v) is 3.71. The van der Waals surface area contributed by atoms with Crippen molar-refractivity contribution < 1.29 is 9.90 Å². The van der Waals surface area contributed by atoms with Crippen LogP contribution in [0, 0.1) is 0 Å². The van der Waals surface area contributed by atoms with Crippen molar-refractivity contribution >= 4 is 33.9 Å². The minimum atomic E-state index is -0.663. The molecule has 0 saturated carbocycles. The van der Waals surface area contributed by atoms with Crippen LogP contribution in [0.15, 0.2) is 0 Å². The molecular formula is C16H33NaO2. The predicted molar refractivity (Wildman–Crippen MR) is 84.9 cm³/mol. The fraction of sp³-hybridized carbons (Fsp3) is 0.938. The van der Waals surface area contributed by atoms with E-state index in [9.17, 15) is 4.79 Å². The molecule has 0 fully saturated rings. The van der Waals surface area contributed by atoms with Crippen molar-refractivity contribution in [2.45, 2.75) is 94.6 Å². The standard InChI is InChI=1S/C10H20O2.C6H13.Na/c1-2-3-4-5-6-7-8-9-10(11)12;1-3-5-6-4-2;/h2-9H2,1H3,(H,11,12);3H,4-6H2,1-2H3;. The fourth-order valence-electron chi connectivity index (χ4n) is 1.85. The molecule has 0 amide bonds. The SMILES string of the molecule is CCCCCCCCCC(=O)O.CCCC[CH](C)[Na]. The molecule has 0 spiro atoms. The quantitative estimate of drug-likeness (QED) is 0.408. The van der Waals surface area contributed by atoms with E-state index < -0.39 is 5.97 Å². The van der Waals surface area contributed by atoms with Gasteiger partial charge in [-0.25, -0.2) is 0 Å². The van der Waals surface area contributed by atoms with E-state index in [0.29, 0.717) is 6.42 Å². The third kappa shape index (κ3) is 27.6. The molecule has 1 N–H and O–H groups in total. The van der Waals surface area contributed by atoms with Crippen LogP contribution < -0.4 is 0 Å². The van der Waals surface area contributed by atoms with Gasteiger partial charge in [0.25, 0.3) is 0 Å². The summed E-state index contributed by atoms with van der Waals surface area (Å²) in [6, 6.07) is 0. The van der Waals surface area contributed by atoms with Crippen LogP contribution in [0.3, 0.4) is 0 Å². The molecule has 19 heavy (non-hydrogen) atoms. The Morgan fingerprint density at radius 1 is 0.947 bits per heavy atom. The van der Waals surface area contributed by atoms with Gasteiger partial charge in [-0.15, -0.1) is 0 Å². The maximum atomic E-state index is 10.1. The van der Waals surface area contributed by atoms with Crippen LogP contribution in [-0.4, -0.2) is 39.0 Å². The summed E-state index contributed by atoms with van der Waals surface area (Å²) in [6.07, 6.45) is 12.9. The number of aliphatic carboxylic acids is 1. The Morgan fingerprint density at radius 3 is 1.79 bits per heavy atom. The molecule has 0 aromatic heterocycles. The van der Waals surface area contributed by atoms with Gasteiger partial charge < -0.3 is 5.11 Å². The van der Waals surface area contributed by atoms with Crippen LogP contribution in [0.4, 0.5) is 0 Å². The number of carboxylic acids is 1. The summed E-state index contributed by atoms with van der Waals surface area (Å²) in [5.74, 6) is -0.663. The topological polar surface area (TPSA) is 37.3 Å². The summed E-state index contributed by atoms with van der Waals surface area (Å²) in [6.45, 7) is 6.79. The molecule has 0 bridgehead atoms. The van der Waals surface area contributed by atoms with Crippen molar-refractivity contribution in [3.8, 4) is 0 Å². The average Bonchev–Trinajstić information content (AvgIpc) is 2.35. The number of hydrogen-bond acceptors (Lipinski definition) is 1. The van der Waals surface area contributed by atoms with Gasteiger partial charge in [-0.2, -0.15) is 0 Å². The predicted octanol–water partition coefficient (Wildman–Crippen LogP) is 5.37. The molecule has 0 heterocycles. The van der Waals surface area contributed by atoms with Gasteiger partial charge in [0.2, 0.25) is 0 Å². The van der Waals surface area contributed by atoms with E-state index in [4.69, 9.17) is 5.11 Å². The van der Waals surface area contributed by atoms with Crippen molar-refractivity contribution in [2.24, 2.45) is 0 Å². The summed E-state index contributed by atoms with van der Waals surface area (Å²) >= 11 is 1.38. The van der Waals surface area contributed by atoms with Crippen LogP contribution in [0.2, 0.25) is 3.17 Å². The summed E-state index contributed by atoms with van der Waals surface area (Å²) in [7, 11) is 0. The third-order valence-electron chi connectivity index (χ3n) is 3.13. The average molecular weight is 280 g/mol. The van der Waals surface area contributed by atoms with Gasteiger partial charge in [0, 0.05) is 6.42 Å². The summed E-state index contributed by atoms with van der Waals surface area (Å²) < 4.78 is 1.04. The number of unbranched alkanes of at least 4 members (excludes halogenated alkanes) is 7. The molecule has 0 radical (unpaired) electrons. The van der Waals surface area contributed by atoms with Crippen molar-refractivity contribution in [1.82, 2.24) is 0 Å². The van der Waals surface area contributed by atoms with E-state index in [1.165, 1.54) is 79.3 Å². The molecule has 110 valence electrons. The molecule has 0 rings (SSSR count). The van der Waals surface area contributed by atoms with Gasteiger partial charge in [-0.1, -0.05) is 45.4 Å². The van der Waals surface area contributed by atoms with Gasteiger partial charge in [-0.3, -0.25) is 4.79 Å². The monoisotopic (exact) mass is 280 g/mol. The van der Waals surface area contributed by atoms with Gasteiger partial charge in [-0.05, 0) is 6.42 Å². The molecule has 0 aliphatic heterocycles. The first kappa shape index (κ1) is 21.8. The van der Waals surface area contributed by atoms with Crippen LogP contribution in [0.25, 0.3) is 0 Å². The summed E-state index contributed by atoms with van der Waals surface area (Å²) in [5, 5.41) is 8.35. The van der Waals surface area contributed by atoms with Crippen molar-refractivity contribution in [2.75, 3.05) is 0 Å².